The second-order valence-electron chi connectivity index (χ2n) is 8.15. The zero-order valence-corrected chi connectivity index (χ0v) is 19.0. The number of nitrogens with zero attached hydrogens (tertiary/aromatic N) is 2. The molecule has 0 radical (unpaired) electrons. The summed E-state index contributed by atoms with van der Waals surface area (Å²) in [6.45, 7) is 2.50. The van der Waals surface area contributed by atoms with Crippen LogP contribution in [0.3, 0.4) is 0 Å². The number of sulfonamides is 1. The minimum Gasteiger partial charge on any atom is -0.349 e. The summed E-state index contributed by atoms with van der Waals surface area (Å²) < 4.78 is 29.5. The Kier molecular flexibility index (Phi) is 6.20. The Morgan fingerprint density at radius 1 is 1.06 bits per heavy atom. The molecule has 1 aliphatic rings. The van der Waals surface area contributed by atoms with E-state index in [0.717, 1.165) is 43.2 Å². The molecular formula is C26H28N2O2S. The third kappa shape index (κ3) is 4.70. The normalized spacial score (nSPS) is 14.3. The van der Waals surface area contributed by atoms with E-state index in [1.807, 2.05) is 44.4 Å². The quantitative estimate of drug-likeness (QED) is 0.401. The molecule has 31 heavy (non-hydrogen) atoms. The Bertz CT molecular complexity index is 1270. The molecule has 0 N–H and O–H groups in total. The van der Waals surface area contributed by atoms with Crippen LogP contribution in [0.4, 0.5) is 0 Å². The molecule has 0 spiro atoms. The summed E-state index contributed by atoms with van der Waals surface area (Å²) in [6, 6.07) is 15.4. The molecule has 0 aliphatic carbocycles. The van der Waals surface area contributed by atoms with Gasteiger partial charge in [0.25, 0.3) is 10.0 Å². The van der Waals surface area contributed by atoms with E-state index in [0.29, 0.717) is 11.4 Å². The molecule has 4 rings (SSSR count). The van der Waals surface area contributed by atoms with Crippen molar-refractivity contribution in [3.8, 4) is 11.8 Å². The summed E-state index contributed by atoms with van der Waals surface area (Å²) in [6.07, 6.45) is 8.35. The Hall–Kier alpha value is -2.97. The lowest BCUT2D eigenvalue weighted by molar-refractivity contribution is 0.463. The first-order valence-corrected chi connectivity index (χ1v) is 12.2. The number of benzene rings is 2. The number of hydrogen-bond donors (Lipinski definition) is 0. The van der Waals surface area contributed by atoms with E-state index in [1.165, 1.54) is 20.8 Å². The van der Waals surface area contributed by atoms with Crippen LogP contribution in [-0.4, -0.2) is 23.8 Å². The maximum absolute atomic E-state index is 12.9. The number of allylic oxidation sites excluding steroid dienone is 1. The predicted octanol–water partition coefficient (Wildman–Crippen LogP) is 5.38. The summed E-state index contributed by atoms with van der Waals surface area (Å²) in [5.74, 6) is 6.61. The highest BCUT2D eigenvalue weighted by Gasteiger charge is 2.24. The van der Waals surface area contributed by atoms with Gasteiger partial charge in [0.15, 0.2) is 0 Å². The fourth-order valence-corrected chi connectivity index (χ4v) is 5.43. The van der Waals surface area contributed by atoms with Crippen molar-refractivity contribution in [2.45, 2.75) is 43.9 Å². The van der Waals surface area contributed by atoms with Crippen LogP contribution in [0, 0.1) is 18.8 Å². The molecule has 0 saturated heterocycles. The molecule has 3 aromatic rings. The molecule has 1 aliphatic heterocycles. The molecule has 4 nitrogen and oxygen atoms in total. The minimum absolute atomic E-state index is 0.358. The van der Waals surface area contributed by atoms with Crippen LogP contribution in [0.15, 0.2) is 71.4 Å². The third-order valence-corrected chi connectivity index (χ3v) is 7.52. The molecule has 2 aromatic carbocycles. The summed E-state index contributed by atoms with van der Waals surface area (Å²) in [5.41, 5.74) is 4.49. The van der Waals surface area contributed by atoms with Crippen molar-refractivity contribution < 1.29 is 8.42 Å². The topological polar surface area (TPSA) is 42.3 Å². The van der Waals surface area contributed by atoms with Crippen molar-refractivity contribution in [2.24, 2.45) is 7.05 Å². The summed E-state index contributed by atoms with van der Waals surface area (Å²) >= 11 is 0. The van der Waals surface area contributed by atoms with E-state index in [-0.39, 0.29) is 0 Å². The van der Waals surface area contributed by atoms with Crippen molar-refractivity contribution in [1.29, 1.82) is 0 Å². The second-order valence-corrected chi connectivity index (χ2v) is 10.0. The summed E-state index contributed by atoms with van der Waals surface area (Å²) in [5, 5.41) is 1.18. The number of fused-ring (bicyclic) bond motifs is 1. The lowest BCUT2D eigenvalue weighted by Crippen LogP contribution is -2.30. The maximum atomic E-state index is 12.9. The highest BCUT2D eigenvalue weighted by Crippen LogP contribution is 2.25. The first-order valence-electron chi connectivity index (χ1n) is 10.8. The van der Waals surface area contributed by atoms with Crippen LogP contribution in [0.25, 0.3) is 10.9 Å². The molecule has 0 unspecified atom stereocenters. The van der Waals surface area contributed by atoms with Gasteiger partial charge in [-0.3, -0.25) is 4.31 Å². The molecule has 160 valence electrons. The number of aromatic nitrogens is 1. The molecule has 0 bridgehead atoms. The van der Waals surface area contributed by atoms with Gasteiger partial charge in [0.1, 0.15) is 0 Å². The number of rotatable bonds is 5. The van der Waals surface area contributed by atoms with Crippen molar-refractivity contribution in [3.05, 3.63) is 77.6 Å². The van der Waals surface area contributed by atoms with Gasteiger partial charge in [-0.1, -0.05) is 53.3 Å². The number of unbranched alkanes of at least 4 members (excludes halogenated alkanes) is 1. The highest BCUT2D eigenvalue weighted by atomic mass is 32.2. The monoisotopic (exact) mass is 432 g/mol. The SMILES string of the molecule is Cc1ccc(S(=O)(=O)N2C=C(CCCC#Cc3cn(C)c4ccccc34)CCC2)cc1. The van der Waals surface area contributed by atoms with Crippen LogP contribution < -0.4 is 0 Å². The lowest BCUT2D eigenvalue weighted by Gasteiger charge is -2.26. The van der Waals surface area contributed by atoms with E-state index in [4.69, 9.17) is 0 Å². The second kappa shape index (κ2) is 9.03. The predicted molar refractivity (Wildman–Crippen MR) is 126 cm³/mol. The fourth-order valence-electron chi connectivity index (χ4n) is 4.02. The largest absolute Gasteiger partial charge is 0.349 e. The lowest BCUT2D eigenvalue weighted by atomic mass is 10.0. The summed E-state index contributed by atoms with van der Waals surface area (Å²) in [4.78, 5) is 0.358. The Morgan fingerprint density at radius 2 is 1.84 bits per heavy atom. The fraction of sp³-hybridized carbons (Fsp3) is 0.308. The Morgan fingerprint density at radius 3 is 2.65 bits per heavy atom. The van der Waals surface area contributed by atoms with Gasteiger partial charge in [0.05, 0.1) is 10.5 Å². The number of para-hydroxylation sites is 1. The smallest absolute Gasteiger partial charge is 0.263 e. The van der Waals surface area contributed by atoms with Crippen LogP contribution in [0.2, 0.25) is 0 Å². The highest BCUT2D eigenvalue weighted by molar-refractivity contribution is 7.89. The van der Waals surface area contributed by atoms with Crippen LogP contribution in [0.5, 0.6) is 0 Å². The van der Waals surface area contributed by atoms with Gasteiger partial charge in [-0.25, -0.2) is 8.42 Å². The van der Waals surface area contributed by atoms with Gasteiger partial charge in [0, 0.05) is 43.3 Å². The van der Waals surface area contributed by atoms with E-state index < -0.39 is 10.0 Å². The number of aryl methyl sites for hydroxylation is 2. The van der Waals surface area contributed by atoms with Gasteiger partial charge in [-0.15, -0.1) is 0 Å². The van der Waals surface area contributed by atoms with Crippen LogP contribution in [0.1, 0.15) is 43.2 Å². The standard InChI is InChI=1S/C26H28N2O2S/c1-21-14-16-24(17-15-21)31(29,30)28-18-8-10-22(19-28)9-4-3-5-11-23-20-27(2)26-13-7-6-12-25(23)26/h6-7,12-17,19-20H,3-4,8-10,18H2,1-2H3. The van der Waals surface area contributed by atoms with Gasteiger partial charge < -0.3 is 4.57 Å². The molecular weight excluding hydrogens is 404 g/mol. The van der Waals surface area contributed by atoms with Crippen LogP contribution >= 0.6 is 0 Å². The first-order chi connectivity index (χ1) is 14.9. The van der Waals surface area contributed by atoms with Crippen molar-refractivity contribution in [2.75, 3.05) is 6.54 Å². The van der Waals surface area contributed by atoms with Crippen LogP contribution in [-0.2, 0) is 17.1 Å². The van der Waals surface area contributed by atoms with Gasteiger partial charge in [-0.05, 0) is 50.8 Å². The first kappa shape index (κ1) is 21.3. The van der Waals surface area contributed by atoms with Crippen molar-refractivity contribution >= 4 is 20.9 Å². The van der Waals surface area contributed by atoms with E-state index in [9.17, 15) is 8.42 Å². The maximum Gasteiger partial charge on any atom is 0.263 e. The van der Waals surface area contributed by atoms with Gasteiger partial charge in [-0.2, -0.15) is 0 Å². The van der Waals surface area contributed by atoms with Gasteiger partial charge in [0.2, 0.25) is 0 Å². The van der Waals surface area contributed by atoms with E-state index in [1.54, 1.807) is 12.1 Å². The number of hydrogen-bond acceptors (Lipinski definition) is 2. The molecule has 5 heteroatoms. The zero-order chi connectivity index (χ0) is 21.8. The average Bonchev–Trinajstić information content (AvgIpc) is 3.10. The van der Waals surface area contributed by atoms with Crippen molar-refractivity contribution in [1.82, 2.24) is 8.87 Å². The van der Waals surface area contributed by atoms with E-state index in [2.05, 4.69) is 34.7 Å². The third-order valence-electron chi connectivity index (χ3n) is 5.75. The molecule has 0 amide bonds. The van der Waals surface area contributed by atoms with Crippen molar-refractivity contribution in [3.63, 3.8) is 0 Å². The average molecular weight is 433 g/mol. The molecule has 0 saturated carbocycles. The molecule has 0 fully saturated rings. The Balaban J connectivity index is 1.38. The molecule has 2 heterocycles. The Labute approximate surface area is 185 Å². The van der Waals surface area contributed by atoms with Gasteiger partial charge >= 0.3 is 0 Å². The zero-order valence-electron chi connectivity index (χ0n) is 18.1. The minimum atomic E-state index is -3.47. The van der Waals surface area contributed by atoms with E-state index >= 15 is 0 Å². The molecule has 0 atom stereocenters. The molecule has 1 aromatic heterocycles. The summed E-state index contributed by atoms with van der Waals surface area (Å²) in [7, 11) is -1.43.